The molecule has 0 bridgehead atoms. The van der Waals surface area contributed by atoms with Crippen LogP contribution < -0.4 is 5.32 Å². The van der Waals surface area contributed by atoms with Gasteiger partial charge in [0.15, 0.2) is 0 Å². The Kier molecular flexibility index (Phi) is 2.99. The maximum atomic E-state index is 4.41. The van der Waals surface area contributed by atoms with E-state index in [4.69, 9.17) is 0 Å². The smallest absolute Gasteiger partial charge is 0.0995 e. The molecule has 1 aromatic carbocycles. The van der Waals surface area contributed by atoms with Gasteiger partial charge < -0.3 is 9.88 Å². The third-order valence-electron chi connectivity index (χ3n) is 2.89. The van der Waals surface area contributed by atoms with Gasteiger partial charge in [-0.3, -0.25) is 0 Å². The first-order valence-electron chi connectivity index (χ1n) is 5.83. The van der Waals surface area contributed by atoms with Crippen molar-refractivity contribution < 1.29 is 0 Å². The molecule has 4 heteroatoms. The zero-order chi connectivity index (χ0) is 11.7. The number of aromatic nitrogens is 2. The first kappa shape index (κ1) is 11.0. The van der Waals surface area contributed by atoms with E-state index in [0.29, 0.717) is 0 Å². The second kappa shape index (κ2) is 4.63. The lowest BCUT2D eigenvalue weighted by Crippen LogP contribution is -2.15. The lowest BCUT2D eigenvalue weighted by atomic mass is 10.3. The number of rotatable bonds is 4. The fraction of sp³-hybridized carbons (Fsp3) is 0.308. The quantitative estimate of drug-likeness (QED) is 0.939. The molecule has 1 aliphatic rings. The summed E-state index contributed by atoms with van der Waals surface area (Å²) in [4.78, 5) is 4.41. The van der Waals surface area contributed by atoms with Crippen molar-refractivity contribution >= 4 is 15.9 Å². The third-order valence-corrected chi connectivity index (χ3v) is 3.38. The average Bonchev–Trinajstić information content (AvgIpc) is 3.04. The van der Waals surface area contributed by atoms with Gasteiger partial charge in [0.1, 0.15) is 0 Å². The van der Waals surface area contributed by atoms with Crippen molar-refractivity contribution in [3.8, 4) is 5.69 Å². The number of nitrogens with one attached hydrogen (secondary N) is 1. The van der Waals surface area contributed by atoms with Crippen molar-refractivity contribution in [2.24, 2.45) is 0 Å². The average molecular weight is 292 g/mol. The van der Waals surface area contributed by atoms with Gasteiger partial charge in [0, 0.05) is 28.9 Å². The van der Waals surface area contributed by atoms with Gasteiger partial charge in [-0.25, -0.2) is 4.98 Å². The fourth-order valence-electron chi connectivity index (χ4n) is 1.77. The zero-order valence-electron chi connectivity index (χ0n) is 9.44. The van der Waals surface area contributed by atoms with Crippen molar-refractivity contribution in [1.29, 1.82) is 0 Å². The van der Waals surface area contributed by atoms with Gasteiger partial charge in [0.25, 0.3) is 0 Å². The highest BCUT2D eigenvalue weighted by atomic mass is 79.9. The van der Waals surface area contributed by atoms with Gasteiger partial charge in [-0.2, -0.15) is 0 Å². The lowest BCUT2D eigenvalue weighted by molar-refractivity contribution is 0.677. The van der Waals surface area contributed by atoms with E-state index in [1.54, 1.807) is 0 Å². The largest absolute Gasteiger partial charge is 0.308 e. The van der Waals surface area contributed by atoms with E-state index in [1.807, 2.05) is 18.5 Å². The molecular formula is C13H14BrN3. The second-order valence-corrected chi connectivity index (χ2v) is 5.32. The minimum absolute atomic E-state index is 0.728. The summed E-state index contributed by atoms with van der Waals surface area (Å²) in [6.07, 6.45) is 6.57. The SMILES string of the molecule is Brc1cccc(-n2cnc(CNC3CC3)c2)c1. The summed E-state index contributed by atoms with van der Waals surface area (Å²) in [5.74, 6) is 0. The standard InChI is InChI=1S/C13H14BrN3/c14-10-2-1-3-13(6-10)17-8-12(16-9-17)7-15-11-4-5-11/h1-3,6,8-9,11,15H,4-5,7H2. The van der Waals surface area contributed by atoms with Crippen LogP contribution in [0.5, 0.6) is 0 Å². The Bertz CT molecular complexity index is 517. The summed E-state index contributed by atoms with van der Waals surface area (Å²) < 4.78 is 3.13. The molecule has 1 aliphatic carbocycles. The highest BCUT2D eigenvalue weighted by Crippen LogP contribution is 2.19. The summed E-state index contributed by atoms with van der Waals surface area (Å²) in [7, 11) is 0. The Morgan fingerprint density at radius 2 is 2.29 bits per heavy atom. The van der Waals surface area contributed by atoms with E-state index in [2.05, 4.69) is 49.1 Å². The molecule has 2 aromatic rings. The normalized spacial score (nSPS) is 15.1. The molecule has 0 atom stereocenters. The summed E-state index contributed by atoms with van der Waals surface area (Å²) in [6, 6.07) is 8.94. The molecular weight excluding hydrogens is 278 g/mol. The van der Waals surface area contributed by atoms with Gasteiger partial charge in [-0.15, -0.1) is 0 Å². The third kappa shape index (κ3) is 2.76. The van der Waals surface area contributed by atoms with Crippen LogP contribution in [-0.4, -0.2) is 15.6 Å². The molecule has 0 unspecified atom stereocenters. The molecule has 0 radical (unpaired) electrons. The van der Waals surface area contributed by atoms with Crippen LogP contribution in [-0.2, 0) is 6.54 Å². The molecule has 1 aromatic heterocycles. The molecule has 88 valence electrons. The highest BCUT2D eigenvalue weighted by molar-refractivity contribution is 9.10. The summed E-state index contributed by atoms with van der Waals surface area (Å²) in [5, 5.41) is 3.46. The first-order valence-corrected chi connectivity index (χ1v) is 6.63. The van der Waals surface area contributed by atoms with E-state index < -0.39 is 0 Å². The molecule has 0 saturated heterocycles. The van der Waals surface area contributed by atoms with Crippen LogP contribution in [0.1, 0.15) is 18.5 Å². The van der Waals surface area contributed by atoms with Gasteiger partial charge in [0.2, 0.25) is 0 Å². The highest BCUT2D eigenvalue weighted by Gasteiger charge is 2.20. The zero-order valence-corrected chi connectivity index (χ0v) is 11.0. The first-order chi connectivity index (χ1) is 8.31. The van der Waals surface area contributed by atoms with E-state index in [9.17, 15) is 0 Å². The Labute approximate surface area is 109 Å². The van der Waals surface area contributed by atoms with Crippen molar-refractivity contribution in [3.05, 3.63) is 47.0 Å². The predicted molar refractivity (Wildman–Crippen MR) is 71.1 cm³/mol. The minimum atomic E-state index is 0.728. The van der Waals surface area contributed by atoms with Crippen LogP contribution in [0, 0.1) is 0 Å². The number of nitrogens with zero attached hydrogens (tertiary/aromatic N) is 2. The summed E-state index contributed by atoms with van der Waals surface area (Å²) >= 11 is 3.48. The van der Waals surface area contributed by atoms with Crippen molar-refractivity contribution in [3.63, 3.8) is 0 Å². The van der Waals surface area contributed by atoms with Crippen molar-refractivity contribution in [2.45, 2.75) is 25.4 Å². The van der Waals surface area contributed by atoms with Crippen molar-refractivity contribution in [1.82, 2.24) is 14.9 Å². The summed E-state index contributed by atoms with van der Waals surface area (Å²) in [6.45, 7) is 0.867. The Balaban J connectivity index is 1.74. The van der Waals surface area contributed by atoms with Gasteiger partial charge >= 0.3 is 0 Å². The molecule has 1 heterocycles. The summed E-state index contributed by atoms with van der Waals surface area (Å²) in [5.41, 5.74) is 2.22. The molecule has 0 aliphatic heterocycles. The number of hydrogen-bond donors (Lipinski definition) is 1. The predicted octanol–water partition coefficient (Wildman–Crippen LogP) is 2.89. The van der Waals surface area contributed by atoms with Crippen LogP contribution in [0.25, 0.3) is 5.69 Å². The molecule has 1 saturated carbocycles. The Morgan fingerprint density at radius 1 is 1.41 bits per heavy atom. The molecule has 1 fully saturated rings. The maximum Gasteiger partial charge on any atom is 0.0995 e. The minimum Gasteiger partial charge on any atom is -0.308 e. The molecule has 3 rings (SSSR count). The Morgan fingerprint density at radius 3 is 3.06 bits per heavy atom. The molecule has 3 nitrogen and oxygen atoms in total. The van der Waals surface area contributed by atoms with Crippen LogP contribution in [0.15, 0.2) is 41.3 Å². The van der Waals surface area contributed by atoms with E-state index >= 15 is 0 Å². The van der Waals surface area contributed by atoms with E-state index in [0.717, 1.165) is 28.4 Å². The van der Waals surface area contributed by atoms with E-state index in [-0.39, 0.29) is 0 Å². The van der Waals surface area contributed by atoms with Crippen LogP contribution in [0.2, 0.25) is 0 Å². The second-order valence-electron chi connectivity index (χ2n) is 4.41. The van der Waals surface area contributed by atoms with Crippen molar-refractivity contribution in [2.75, 3.05) is 0 Å². The fourth-order valence-corrected chi connectivity index (χ4v) is 2.16. The number of halogens is 1. The monoisotopic (exact) mass is 291 g/mol. The lowest BCUT2D eigenvalue weighted by Gasteiger charge is -2.02. The maximum absolute atomic E-state index is 4.41. The topological polar surface area (TPSA) is 29.9 Å². The van der Waals surface area contributed by atoms with Crippen LogP contribution in [0.4, 0.5) is 0 Å². The van der Waals surface area contributed by atoms with E-state index in [1.165, 1.54) is 12.8 Å². The molecule has 0 spiro atoms. The van der Waals surface area contributed by atoms with Crippen LogP contribution in [0.3, 0.4) is 0 Å². The van der Waals surface area contributed by atoms with Gasteiger partial charge in [-0.05, 0) is 31.0 Å². The molecule has 1 N–H and O–H groups in total. The number of benzene rings is 1. The van der Waals surface area contributed by atoms with Gasteiger partial charge in [0.05, 0.1) is 12.0 Å². The molecule has 17 heavy (non-hydrogen) atoms. The van der Waals surface area contributed by atoms with Crippen LogP contribution >= 0.6 is 15.9 Å². The molecule has 0 amide bonds. The number of hydrogen-bond acceptors (Lipinski definition) is 2. The van der Waals surface area contributed by atoms with Gasteiger partial charge in [-0.1, -0.05) is 22.0 Å². The Hall–Kier alpha value is -1.13. The number of imidazole rings is 1.